The van der Waals surface area contributed by atoms with Crippen LogP contribution >= 0.6 is 11.3 Å². The fourth-order valence-corrected chi connectivity index (χ4v) is 6.23. The molecular weight excluding hydrogens is 608 g/mol. The van der Waals surface area contributed by atoms with E-state index in [-0.39, 0.29) is 23.6 Å². The number of fused-ring (bicyclic) bond motifs is 1. The lowest BCUT2D eigenvalue weighted by Gasteiger charge is -2.25. The van der Waals surface area contributed by atoms with Gasteiger partial charge in [-0.3, -0.25) is 14.2 Å². The van der Waals surface area contributed by atoms with Crippen molar-refractivity contribution < 1.29 is 23.0 Å². The Bertz CT molecular complexity index is 2110. The van der Waals surface area contributed by atoms with Crippen LogP contribution in [0.3, 0.4) is 0 Å². The Morgan fingerprint density at radius 2 is 1.63 bits per heavy atom. The number of thiazole rings is 1. The maximum Gasteiger partial charge on any atom is 0.271 e. The minimum atomic E-state index is -0.830. The molecule has 1 atom stereocenters. The van der Waals surface area contributed by atoms with E-state index in [2.05, 4.69) is 10.3 Å². The van der Waals surface area contributed by atoms with Crippen LogP contribution in [0.4, 0.5) is 14.5 Å². The van der Waals surface area contributed by atoms with Crippen LogP contribution in [0.15, 0.2) is 118 Å². The summed E-state index contributed by atoms with van der Waals surface area (Å²) in [4.78, 5) is 32.8. The van der Waals surface area contributed by atoms with Gasteiger partial charge in [0.15, 0.2) is 16.3 Å². The first-order valence-corrected chi connectivity index (χ1v) is 15.4. The minimum Gasteiger partial charge on any atom is -0.490 e. The highest BCUT2D eigenvalue weighted by Crippen LogP contribution is 2.32. The van der Waals surface area contributed by atoms with Crippen molar-refractivity contribution in [1.29, 1.82) is 0 Å². The molecule has 1 N–H and O–H groups in total. The fraction of sp³-hybridized carbons (Fsp3) is 0.139. The van der Waals surface area contributed by atoms with Crippen molar-refractivity contribution in [2.75, 3.05) is 11.9 Å². The van der Waals surface area contributed by atoms with Crippen molar-refractivity contribution in [2.45, 2.75) is 26.5 Å². The maximum atomic E-state index is 14.0. The van der Waals surface area contributed by atoms with Crippen LogP contribution in [0.2, 0.25) is 0 Å². The van der Waals surface area contributed by atoms with Crippen LogP contribution in [-0.4, -0.2) is 17.1 Å². The van der Waals surface area contributed by atoms with E-state index in [0.717, 1.165) is 5.56 Å². The molecule has 0 radical (unpaired) electrons. The molecule has 0 saturated heterocycles. The molecule has 4 aromatic carbocycles. The molecule has 0 aliphatic carbocycles. The SMILES string of the molecule is CCOc1cc(/C=c2\sc3n(c2=O)[C@H](c2ccc(F)cc2)C(C(=O)Nc2ccccc2)=C(C)N=3)ccc1OCc1ccc(F)cc1. The normalized spacial score (nSPS) is 14.4. The Morgan fingerprint density at radius 1 is 0.935 bits per heavy atom. The molecule has 1 amide bonds. The monoisotopic (exact) mass is 637 g/mol. The fourth-order valence-electron chi connectivity index (χ4n) is 5.19. The van der Waals surface area contributed by atoms with Crippen molar-refractivity contribution in [3.8, 4) is 11.5 Å². The molecule has 0 fully saturated rings. The van der Waals surface area contributed by atoms with E-state index in [1.807, 2.05) is 31.2 Å². The molecule has 46 heavy (non-hydrogen) atoms. The second kappa shape index (κ2) is 13.3. The van der Waals surface area contributed by atoms with Crippen LogP contribution in [-0.2, 0) is 11.4 Å². The topological polar surface area (TPSA) is 81.9 Å². The number of anilines is 1. The zero-order chi connectivity index (χ0) is 32.2. The van der Waals surface area contributed by atoms with Gasteiger partial charge in [-0.2, -0.15) is 0 Å². The number of nitrogens with one attached hydrogen (secondary N) is 1. The summed E-state index contributed by atoms with van der Waals surface area (Å²) >= 11 is 1.20. The summed E-state index contributed by atoms with van der Waals surface area (Å²) < 4.78 is 40.9. The Kier molecular flexibility index (Phi) is 8.89. The molecule has 232 valence electrons. The Balaban J connectivity index is 1.38. The van der Waals surface area contributed by atoms with Gasteiger partial charge in [0, 0.05) is 5.69 Å². The van der Waals surface area contributed by atoms with Gasteiger partial charge in [0.2, 0.25) is 0 Å². The number of hydrogen-bond donors (Lipinski definition) is 1. The van der Waals surface area contributed by atoms with Crippen molar-refractivity contribution in [3.63, 3.8) is 0 Å². The summed E-state index contributed by atoms with van der Waals surface area (Å²) in [6, 6.07) is 25.3. The second-order valence-electron chi connectivity index (χ2n) is 10.5. The lowest BCUT2D eigenvalue weighted by atomic mass is 9.95. The molecule has 5 aromatic rings. The van der Waals surface area contributed by atoms with E-state index >= 15 is 0 Å². The van der Waals surface area contributed by atoms with Crippen molar-refractivity contribution in [2.24, 2.45) is 4.99 Å². The Labute approximate surface area is 267 Å². The molecule has 0 saturated carbocycles. The van der Waals surface area contributed by atoms with Gasteiger partial charge in [-0.25, -0.2) is 13.8 Å². The number of hydrogen-bond acceptors (Lipinski definition) is 6. The number of para-hydroxylation sites is 1. The van der Waals surface area contributed by atoms with Gasteiger partial charge in [-0.05, 0) is 85.1 Å². The van der Waals surface area contributed by atoms with Crippen LogP contribution in [0.5, 0.6) is 11.5 Å². The zero-order valence-electron chi connectivity index (χ0n) is 25.0. The summed E-state index contributed by atoms with van der Waals surface area (Å²) in [5.74, 6) is -0.160. The molecule has 10 heteroatoms. The third-order valence-electron chi connectivity index (χ3n) is 7.36. The minimum absolute atomic E-state index is 0.223. The van der Waals surface area contributed by atoms with E-state index < -0.39 is 17.8 Å². The molecule has 0 spiro atoms. The number of carbonyl (C=O) groups excluding carboxylic acids is 1. The van der Waals surface area contributed by atoms with Gasteiger partial charge in [0.25, 0.3) is 11.5 Å². The average Bonchev–Trinajstić information content (AvgIpc) is 3.35. The summed E-state index contributed by atoms with van der Waals surface area (Å²) in [5, 5.41) is 2.90. The van der Waals surface area contributed by atoms with E-state index in [4.69, 9.17) is 9.47 Å². The highest BCUT2D eigenvalue weighted by atomic mass is 32.1. The maximum absolute atomic E-state index is 14.0. The van der Waals surface area contributed by atoms with E-state index in [9.17, 15) is 18.4 Å². The lowest BCUT2D eigenvalue weighted by molar-refractivity contribution is -0.113. The standard InChI is InChI=1S/C36H29F2N3O4S/c1-3-44-30-19-24(11-18-29(30)45-21-23-9-14-26(37)15-10-23)20-31-35(43)41-33(25-12-16-27(38)17-13-25)32(22(2)39-36(41)46-31)34(42)40-28-7-5-4-6-8-28/h4-20,33H,3,21H2,1-2H3,(H,40,42)/b31-20-/t33-/m1/s1. The van der Waals surface area contributed by atoms with Gasteiger partial charge in [-0.1, -0.05) is 59.9 Å². The largest absolute Gasteiger partial charge is 0.490 e. The van der Waals surface area contributed by atoms with Crippen molar-refractivity contribution >= 4 is 29.0 Å². The van der Waals surface area contributed by atoms with E-state index in [0.29, 0.717) is 50.0 Å². The predicted octanol–water partition coefficient (Wildman–Crippen LogP) is 6.13. The Morgan fingerprint density at radius 3 is 2.33 bits per heavy atom. The number of amides is 1. The van der Waals surface area contributed by atoms with Crippen molar-refractivity contribution in [3.05, 3.63) is 156 Å². The molecule has 1 aliphatic rings. The smallest absolute Gasteiger partial charge is 0.271 e. The average molecular weight is 638 g/mol. The third-order valence-corrected chi connectivity index (χ3v) is 8.34. The van der Waals surface area contributed by atoms with Crippen LogP contribution in [0.25, 0.3) is 6.08 Å². The molecule has 1 aliphatic heterocycles. The molecule has 2 heterocycles. The summed E-state index contributed by atoms with van der Waals surface area (Å²) in [6.07, 6.45) is 1.74. The molecule has 0 bridgehead atoms. The Hall–Kier alpha value is -5.35. The number of halogens is 2. The predicted molar refractivity (Wildman–Crippen MR) is 174 cm³/mol. The first-order valence-electron chi connectivity index (χ1n) is 14.6. The number of allylic oxidation sites excluding steroid dienone is 1. The molecule has 1 aromatic heterocycles. The quantitative estimate of drug-likeness (QED) is 0.211. The molecule has 0 unspecified atom stereocenters. The highest BCUT2D eigenvalue weighted by molar-refractivity contribution is 7.07. The van der Waals surface area contributed by atoms with Gasteiger partial charge in [0.05, 0.1) is 28.5 Å². The van der Waals surface area contributed by atoms with Gasteiger partial charge in [-0.15, -0.1) is 0 Å². The van der Waals surface area contributed by atoms with Crippen LogP contribution in [0.1, 0.15) is 36.6 Å². The molecular formula is C36H29F2N3O4S. The first kappa shape index (κ1) is 30.7. The van der Waals surface area contributed by atoms with Gasteiger partial charge >= 0.3 is 0 Å². The second-order valence-corrected chi connectivity index (χ2v) is 11.5. The third kappa shape index (κ3) is 6.52. The number of nitrogens with zero attached hydrogens (tertiary/aromatic N) is 2. The number of benzene rings is 4. The number of ether oxygens (including phenoxy) is 2. The molecule has 6 rings (SSSR count). The lowest BCUT2D eigenvalue weighted by Crippen LogP contribution is -2.40. The van der Waals surface area contributed by atoms with Gasteiger partial charge in [0.1, 0.15) is 18.2 Å². The number of aromatic nitrogens is 1. The summed E-state index contributed by atoms with van der Waals surface area (Å²) in [5.41, 5.74) is 3.06. The van der Waals surface area contributed by atoms with Crippen LogP contribution in [0, 0.1) is 11.6 Å². The summed E-state index contributed by atoms with van der Waals surface area (Å²) in [6.45, 7) is 4.20. The van der Waals surface area contributed by atoms with Crippen LogP contribution < -0.4 is 29.7 Å². The number of carbonyl (C=O) groups is 1. The first-order chi connectivity index (χ1) is 22.3. The zero-order valence-corrected chi connectivity index (χ0v) is 25.8. The number of rotatable bonds is 9. The van der Waals surface area contributed by atoms with E-state index in [1.165, 1.54) is 40.2 Å². The molecule has 7 nitrogen and oxygen atoms in total. The van der Waals surface area contributed by atoms with E-state index in [1.54, 1.807) is 61.5 Å². The van der Waals surface area contributed by atoms with Crippen molar-refractivity contribution in [1.82, 2.24) is 4.57 Å². The summed E-state index contributed by atoms with van der Waals surface area (Å²) in [7, 11) is 0. The highest BCUT2D eigenvalue weighted by Gasteiger charge is 2.32. The van der Waals surface area contributed by atoms with Gasteiger partial charge < -0.3 is 14.8 Å².